The van der Waals surface area contributed by atoms with Crippen LogP contribution in [0.2, 0.25) is 0 Å². The summed E-state index contributed by atoms with van der Waals surface area (Å²) in [6.45, 7) is 3.92. The Labute approximate surface area is 139 Å². The molecule has 3 heterocycles. The van der Waals surface area contributed by atoms with E-state index in [9.17, 15) is 4.79 Å². The van der Waals surface area contributed by atoms with Crippen LogP contribution in [0.5, 0.6) is 0 Å². The molecule has 8 heteroatoms. The van der Waals surface area contributed by atoms with Crippen LogP contribution in [0, 0.1) is 0 Å². The van der Waals surface area contributed by atoms with E-state index in [1.807, 2.05) is 0 Å². The summed E-state index contributed by atoms with van der Waals surface area (Å²) in [6, 6.07) is 2.09. The molecule has 0 bridgehead atoms. The van der Waals surface area contributed by atoms with Gasteiger partial charge in [-0.25, -0.2) is 4.98 Å². The molecule has 1 fully saturated rings. The van der Waals surface area contributed by atoms with Gasteiger partial charge in [0.1, 0.15) is 12.7 Å². The van der Waals surface area contributed by atoms with Gasteiger partial charge in [-0.05, 0) is 28.8 Å². The van der Waals surface area contributed by atoms with Crippen molar-refractivity contribution < 1.29 is 9.53 Å². The van der Waals surface area contributed by atoms with E-state index in [1.54, 1.807) is 22.3 Å². The molecular weight excluding hydrogens is 314 g/mol. The zero-order chi connectivity index (χ0) is 15.9. The van der Waals surface area contributed by atoms with Gasteiger partial charge >= 0.3 is 0 Å². The van der Waals surface area contributed by atoms with Crippen molar-refractivity contribution in [1.82, 2.24) is 25.0 Å². The molecule has 1 aliphatic rings. The number of carbonyl (C=O) groups excluding carboxylic acids is 1. The lowest BCUT2D eigenvalue weighted by atomic mass is 10.2. The molecule has 1 amide bonds. The van der Waals surface area contributed by atoms with Crippen molar-refractivity contribution in [3.63, 3.8) is 0 Å². The van der Waals surface area contributed by atoms with Gasteiger partial charge in [0.2, 0.25) is 5.91 Å². The zero-order valence-electron chi connectivity index (χ0n) is 12.9. The summed E-state index contributed by atoms with van der Waals surface area (Å²) in [5, 5.41) is 11.2. The maximum Gasteiger partial charge on any atom is 0.234 e. The van der Waals surface area contributed by atoms with Crippen molar-refractivity contribution >= 4 is 17.2 Å². The standard InChI is InChI=1S/C15H21N5O2S/c21-15(17-3-1-13-2-6-23-10-13)9-19-4-5-22-14(7-19)8-20-12-16-11-18-20/h2,6,10-12,14H,1,3-5,7-9H2,(H,17,21)/t14-/m0/s1. The third kappa shape index (κ3) is 5.12. The van der Waals surface area contributed by atoms with E-state index in [-0.39, 0.29) is 12.0 Å². The van der Waals surface area contributed by atoms with Crippen molar-refractivity contribution in [3.05, 3.63) is 35.0 Å². The molecule has 2 aromatic rings. The van der Waals surface area contributed by atoms with Crippen LogP contribution < -0.4 is 5.32 Å². The molecule has 23 heavy (non-hydrogen) atoms. The average molecular weight is 335 g/mol. The summed E-state index contributed by atoms with van der Waals surface area (Å²) in [7, 11) is 0. The molecule has 0 spiro atoms. The highest BCUT2D eigenvalue weighted by Gasteiger charge is 2.22. The van der Waals surface area contributed by atoms with Gasteiger partial charge in [-0.2, -0.15) is 16.4 Å². The van der Waals surface area contributed by atoms with Crippen LogP contribution in [0.4, 0.5) is 0 Å². The Balaban J connectivity index is 1.37. The van der Waals surface area contributed by atoms with Crippen molar-refractivity contribution in [1.29, 1.82) is 0 Å². The summed E-state index contributed by atoms with van der Waals surface area (Å²) in [5.41, 5.74) is 1.27. The van der Waals surface area contributed by atoms with Gasteiger partial charge in [-0.1, -0.05) is 0 Å². The summed E-state index contributed by atoms with van der Waals surface area (Å²) in [6.07, 6.45) is 4.12. The molecule has 3 rings (SSSR count). The largest absolute Gasteiger partial charge is 0.374 e. The fourth-order valence-corrected chi connectivity index (χ4v) is 3.31. The van der Waals surface area contributed by atoms with E-state index in [0.717, 1.165) is 19.5 Å². The third-order valence-electron chi connectivity index (χ3n) is 3.76. The maximum atomic E-state index is 12.0. The van der Waals surface area contributed by atoms with Gasteiger partial charge in [0.05, 0.1) is 25.8 Å². The molecule has 0 saturated carbocycles. The van der Waals surface area contributed by atoms with E-state index in [0.29, 0.717) is 26.2 Å². The highest BCUT2D eigenvalue weighted by atomic mass is 32.1. The Morgan fingerprint density at radius 3 is 3.26 bits per heavy atom. The first-order valence-corrected chi connectivity index (χ1v) is 8.68. The molecule has 1 atom stereocenters. The smallest absolute Gasteiger partial charge is 0.234 e. The second-order valence-electron chi connectivity index (χ2n) is 5.58. The van der Waals surface area contributed by atoms with Crippen LogP contribution in [-0.4, -0.2) is 64.5 Å². The highest BCUT2D eigenvalue weighted by molar-refractivity contribution is 7.07. The number of nitrogens with zero attached hydrogens (tertiary/aromatic N) is 4. The van der Waals surface area contributed by atoms with Gasteiger partial charge in [-0.3, -0.25) is 14.4 Å². The number of rotatable bonds is 7. The van der Waals surface area contributed by atoms with Gasteiger partial charge in [0, 0.05) is 19.6 Å². The summed E-state index contributed by atoms with van der Waals surface area (Å²) in [5.74, 6) is 0.0710. The van der Waals surface area contributed by atoms with Crippen LogP contribution in [-0.2, 0) is 22.5 Å². The normalized spacial score (nSPS) is 18.9. The lowest BCUT2D eigenvalue weighted by Crippen LogP contribution is -2.48. The second-order valence-corrected chi connectivity index (χ2v) is 6.36. The van der Waals surface area contributed by atoms with Gasteiger partial charge in [0.25, 0.3) is 0 Å². The Bertz CT molecular complexity index is 587. The molecule has 0 aromatic carbocycles. The van der Waals surface area contributed by atoms with Crippen LogP contribution in [0.3, 0.4) is 0 Å². The molecule has 1 saturated heterocycles. The molecular formula is C15H21N5O2S. The van der Waals surface area contributed by atoms with Crippen molar-refractivity contribution in [2.24, 2.45) is 0 Å². The fourth-order valence-electron chi connectivity index (χ4n) is 2.61. The average Bonchev–Trinajstić information content (AvgIpc) is 3.21. The van der Waals surface area contributed by atoms with Gasteiger partial charge < -0.3 is 10.1 Å². The monoisotopic (exact) mass is 335 g/mol. The number of aromatic nitrogens is 3. The van der Waals surface area contributed by atoms with E-state index in [2.05, 4.69) is 37.1 Å². The van der Waals surface area contributed by atoms with Crippen molar-refractivity contribution in [2.75, 3.05) is 32.8 Å². The number of nitrogens with one attached hydrogen (secondary N) is 1. The third-order valence-corrected chi connectivity index (χ3v) is 4.50. The summed E-state index contributed by atoms with van der Waals surface area (Å²) < 4.78 is 7.49. The molecule has 1 aliphatic heterocycles. The molecule has 0 radical (unpaired) electrons. The Hall–Kier alpha value is -1.77. The number of ether oxygens (including phenoxy) is 1. The first kappa shape index (κ1) is 16.1. The Morgan fingerprint density at radius 1 is 1.52 bits per heavy atom. The number of hydrogen-bond donors (Lipinski definition) is 1. The highest BCUT2D eigenvalue weighted by Crippen LogP contribution is 2.07. The minimum Gasteiger partial charge on any atom is -0.374 e. The van der Waals surface area contributed by atoms with E-state index in [1.165, 1.54) is 11.9 Å². The fraction of sp³-hybridized carbons (Fsp3) is 0.533. The number of morpholine rings is 1. The minimum absolute atomic E-state index is 0.0454. The number of amides is 1. The van der Waals surface area contributed by atoms with Crippen LogP contribution in [0.25, 0.3) is 0 Å². The van der Waals surface area contributed by atoms with Crippen molar-refractivity contribution in [2.45, 2.75) is 19.1 Å². The first-order valence-electron chi connectivity index (χ1n) is 7.74. The topological polar surface area (TPSA) is 72.3 Å². The number of hydrogen-bond acceptors (Lipinski definition) is 6. The molecule has 0 unspecified atom stereocenters. The second kappa shape index (κ2) is 8.19. The van der Waals surface area contributed by atoms with Crippen LogP contribution >= 0.6 is 11.3 Å². The number of thiophene rings is 1. The van der Waals surface area contributed by atoms with E-state index < -0.39 is 0 Å². The molecule has 0 aliphatic carbocycles. The lowest BCUT2D eigenvalue weighted by Gasteiger charge is -2.32. The summed E-state index contributed by atoms with van der Waals surface area (Å²) in [4.78, 5) is 18.1. The first-order chi connectivity index (χ1) is 11.3. The molecule has 1 N–H and O–H groups in total. The van der Waals surface area contributed by atoms with E-state index in [4.69, 9.17) is 4.74 Å². The predicted molar refractivity (Wildman–Crippen MR) is 87.2 cm³/mol. The SMILES string of the molecule is O=C(CN1CCO[C@H](Cn2cncn2)C1)NCCc1ccsc1. The van der Waals surface area contributed by atoms with Gasteiger partial charge in [0.15, 0.2) is 0 Å². The van der Waals surface area contributed by atoms with Crippen LogP contribution in [0.15, 0.2) is 29.5 Å². The zero-order valence-corrected chi connectivity index (χ0v) is 13.7. The van der Waals surface area contributed by atoms with E-state index >= 15 is 0 Å². The lowest BCUT2D eigenvalue weighted by molar-refractivity contribution is -0.124. The predicted octanol–water partition coefficient (Wildman–Crippen LogP) is 0.399. The summed E-state index contributed by atoms with van der Waals surface area (Å²) >= 11 is 1.68. The molecule has 124 valence electrons. The Morgan fingerprint density at radius 2 is 2.48 bits per heavy atom. The minimum atomic E-state index is 0.0454. The van der Waals surface area contributed by atoms with Crippen molar-refractivity contribution in [3.8, 4) is 0 Å². The maximum absolute atomic E-state index is 12.0. The Kier molecular flexibility index (Phi) is 5.73. The quantitative estimate of drug-likeness (QED) is 0.793. The number of carbonyl (C=O) groups is 1. The molecule has 2 aromatic heterocycles. The molecule has 7 nitrogen and oxygen atoms in total. The van der Waals surface area contributed by atoms with Crippen LogP contribution in [0.1, 0.15) is 5.56 Å². The van der Waals surface area contributed by atoms with Gasteiger partial charge in [-0.15, -0.1) is 0 Å².